The van der Waals surface area contributed by atoms with Crippen LogP contribution in [0.15, 0.2) is 16.9 Å². The van der Waals surface area contributed by atoms with Gasteiger partial charge in [0, 0.05) is 0 Å². The highest BCUT2D eigenvalue weighted by molar-refractivity contribution is 9.10. The smallest absolute Gasteiger partial charge is 0.232 e. The summed E-state index contributed by atoms with van der Waals surface area (Å²) >= 11 is 2.92. The van der Waals surface area contributed by atoms with Crippen molar-refractivity contribution in [3.8, 4) is 5.88 Å². The number of methoxy groups -OCH3 is 1. The lowest BCUT2D eigenvalue weighted by Gasteiger charge is -1.94. The van der Waals surface area contributed by atoms with Crippen LogP contribution in [0.1, 0.15) is 5.48 Å². The Morgan fingerprint density at radius 2 is 2.67 bits per heavy atom. The maximum atomic E-state index is 7.22. The summed E-state index contributed by atoms with van der Waals surface area (Å²) in [6.07, 6.45) is -0.487. The molecule has 0 saturated carbocycles. The van der Waals surface area contributed by atoms with Crippen LogP contribution in [0.25, 0.3) is 0 Å². The average Bonchev–Trinajstić information content (AvgIpc) is 1.99. The second-order valence-electron chi connectivity index (χ2n) is 1.16. The lowest BCUT2D eigenvalue weighted by atomic mass is 10.7. The van der Waals surface area contributed by atoms with E-state index in [4.69, 9.17) is 5.48 Å². The summed E-state index contributed by atoms with van der Waals surface area (Å²) in [5.74, 6) is -0.275. The molecule has 0 aliphatic heterocycles. The van der Waals surface area contributed by atoms with Gasteiger partial charge in [-0.25, -0.2) is 9.97 Å². The Morgan fingerprint density at radius 1 is 1.78 bits per heavy atom. The van der Waals surface area contributed by atoms with E-state index in [2.05, 4.69) is 30.6 Å². The Balaban J connectivity index is 3.01. The lowest BCUT2D eigenvalue weighted by Crippen LogP contribution is -1.87. The van der Waals surface area contributed by atoms with Gasteiger partial charge in [0.1, 0.15) is 4.60 Å². The molecule has 0 atom stereocenters. The highest BCUT2D eigenvalue weighted by atomic mass is 79.9. The first-order valence-electron chi connectivity index (χ1n) is 4.18. The molecule has 0 N–H and O–H groups in total. The molecule has 48 valence electrons. The Kier molecular flexibility index (Phi) is 0.914. The second-order valence-corrected chi connectivity index (χ2v) is 1.91. The normalized spacial score (nSPS) is 15.8. The van der Waals surface area contributed by atoms with Crippen molar-refractivity contribution in [1.29, 1.82) is 0 Å². The maximum Gasteiger partial charge on any atom is 0.232 e. The van der Waals surface area contributed by atoms with Crippen molar-refractivity contribution in [1.82, 2.24) is 9.97 Å². The van der Waals surface area contributed by atoms with E-state index in [0.29, 0.717) is 0 Å². The number of rotatable bonds is 1. The van der Waals surface area contributed by atoms with Crippen LogP contribution in [0.2, 0.25) is 0 Å². The minimum atomic E-state index is -1.57. The van der Waals surface area contributed by atoms with Gasteiger partial charge in [0.15, 0.2) is 0 Å². The molecule has 0 amide bonds. The van der Waals surface area contributed by atoms with E-state index in [1.165, 1.54) is 0 Å². The highest BCUT2D eigenvalue weighted by Gasteiger charge is 1.89. The molecule has 1 rings (SSSR count). The Hall–Kier alpha value is -0.640. The van der Waals surface area contributed by atoms with Gasteiger partial charge in [0.2, 0.25) is 5.88 Å². The van der Waals surface area contributed by atoms with Crippen molar-refractivity contribution < 1.29 is 10.2 Å². The first kappa shape index (κ1) is 2.96. The second kappa shape index (κ2) is 2.77. The van der Waals surface area contributed by atoms with Gasteiger partial charge < -0.3 is 4.74 Å². The van der Waals surface area contributed by atoms with Crippen molar-refractivity contribution >= 4 is 15.9 Å². The van der Waals surface area contributed by atoms with Gasteiger partial charge in [-0.05, 0) is 15.9 Å². The van der Waals surface area contributed by atoms with Crippen molar-refractivity contribution in [2.75, 3.05) is 7.06 Å². The summed E-state index contributed by atoms with van der Waals surface area (Å²) in [5.41, 5.74) is 0. The standard InChI is InChI=1S/C5H5BrN2O/c1-9-5-3-7-4(6)2-8-5/h2-3H,1H3/i1D2,2D,3D. The van der Waals surface area contributed by atoms with Crippen LogP contribution in [-0.4, -0.2) is 17.0 Å². The average molecular weight is 193 g/mol. The molecule has 3 nitrogen and oxygen atoms in total. The van der Waals surface area contributed by atoms with Crippen LogP contribution in [0.4, 0.5) is 0 Å². The molecule has 0 aliphatic carbocycles. The van der Waals surface area contributed by atoms with Crippen molar-refractivity contribution in [2.45, 2.75) is 0 Å². The largest absolute Gasteiger partial charge is 0.480 e. The fourth-order valence-corrected chi connectivity index (χ4v) is 0.474. The van der Waals surface area contributed by atoms with E-state index in [9.17, 15) is 0 Å². The molecule has 0 bridgehead atoms. The molecule has 0 unspecified atom stereocenters. The Bertz CT molecular complexity index is 322. The summed E-state index contributed by atoms with van der Waals surface area (Å²) in [6, 6.07) is 0. The van der Waals surface area contributed by atoms with Crippen molar-refractivity contribution in [3.63, 3.8) is 0 Å². The minimum absolute atomic E-state index is 0.136. The molecule has 1 aromatic heterocycles. The molecule has 1 heterocycles. The topological polar surface area (TPSA) is 35.0 Å². The van der Waals surface area contributed by atoms with E-state index in [-0.39, 0.29) is 22.8 Å². The molecule has 0 fully saturated rings. The fraction of sp³-hybridized carbons (Fsp3) is 0.200. The molecule has 4 heteroatoms. The molecule has 9 heavy (non-hydrogen) atoms. The number of ether oxygens (including phenoxy) is 1. The highest BCUT2D eigenvalue weighted by Crippen LogP contribution is 2.06. The third-order valence-corrected chi connectivity index (χ3v) is 0.966. The summed E-state index contributed by atoms with van der Waals surface area (Å²) in [7, 11) is -1.57. The van der Waals surface area contributed by atoms with E-state index in [1.807, 2.05) is 0 Å². The van der Waals surface area contributed by atoms with Gasteiger partial charge in [0.05, 0.1) is 24.9 Å². The van der Waals surface area contributed by atoms with E-state index < -0.39 is 7.06 Å². The van der Waals surface area contributed by atoms with Crippen LogP contribution in [0, 0.1) is 0 Å². The number of hydrogen-bond donors (Lipinski definition) is 0. The SMILES string of the molecule is [2H]c1nc(OC([2H])[2H])c([2H])nc1Br. The van der Waals surface area contributed by atoms with Crippen LogP contribution in [0.3, 0.4) is 0 Å². The predicted octanol–water partition coefficient (Wildman–Crippen LogP) is 1.25. The summed E-state index contributed by atoms with van der Waals surface area (Å²) in [4.78, 5) is 7.09. The minimum Gasteiger partial charge on any atom is -0.480 e. The monoisotopic (exact) mass is 192 g/mol. The Morgan fingerprint density at radius 3 is 3.44 bits per heavy atom. The third-order valence-electron chi connectivity index (χ3n) is 0.611. The number of hydrogen-bond acceptors (Lipinski definition) is 3. The van der Waals surface area contributed by atoms with Crippen LogP contribution in [0.5, 0.6) is 5.88 Å². The zero-order valence-electron chi connectivity index (χ0n) is 8.26. The van der Waals surface area contributed by atoms with E-state index in [0.717, 1.165) is 0 Å². The van der Waals surface area contributed by atoms with E-state index in [1.54, 1.807) is 0 Å². The zero-order valence-corrected chi connectivity index (χ0v) is 5.84. The van der Waals surface area contributed by atoms with Gasteiger partial charge in [0.25, 0.3) is 0 Å². The molecule has 0 radical (unpaired) electrons. The van der Waals surface area contributed by atoms with Gasteiger partial charge in [-0.2, -0.15) is 0 Å². The molecule has 0 saturated heterocycles. The molecule has 0 aliphatic rings. The molecule has 1 aromatic rings. The summed E-state index contributed by atoms with van der Waals surface area (Å²) in [5, 5.41) is 0. The van der Waals surface area contributed by atoms with Crippen molar-refractivity contribution in [2.24, 2.45) is 0 Å². The van der Waals surface area contributed by atoms with Crippen LogP contribution >= 0.6 is 15.9 Å². The van der Waals surface area contributed by atoms with E-state index >= 15 is 0 Å². The van der Waals surface area contributed by atoms with Gasteiger partial charge in [-0.15, -0.1) is 0 Å². The quantitative estimate of drug-likeness (QED) is 0.673. The lowest BCUT2D eigenvalue weighted by molar-refractivity contribution is 0.395. The molecule has 0 spiro atoms. The fourth-order valence-electron chi connectivity index (χ4n) is 0.297. The molecular weight excluding hydrogens is 184 g/mol. The molecule has 0 aromatic carbocycles. The predicted molar refractivity (Wildman–Crippen MR) is 36.3 cm³/mol. The summed E-state index contributed by atoms with van der Waals surface area (Å²) in [6.45, 7) is 0. The number of nitrogens with zero attached hydrogens (tertiary/aromatic N) is 2. The first-order valence-corrected chi connectivity index (χ1v) is 2.82. The zero-order chi connectivity index (χ0) is 10.0. The third kappa shape index (κ3) is 1.64. The molecular formula is C5H5BrN2O. The van der Waals surface area contributed by atoms with Crippen molar-refractivity contribution in [3.05, 3.63) is 16.9 Å². The Labute approximate surface area is 66.8 Å². The number of aromatic nitrogens is 2. The summed E-state index contributed by atoms with van der Waals surface area (Å²) < 4.78 is 32.6. The van der Waals surface area contributed by atoms with Gasteiger partial charge in [-0.1, -0.05) is 0 Å². The number of halogens is 1. The van der Waals surface area contributed by atoms with Gasteiger partial charge >= 0.3 is 0 Å². The van der Waals surface area contributed by atoms with Crippen LogP contribution < -0.4 is 4.74 Å². The first-order chi connectivity index (χ1) is 6.00. The van der Waals surface area contributed by atoms with Gasteiger partial charge in [-0.3, -0.25) is 0 Å². The maximum absolute atomic E-state index is 7.22. The van der Waals surface area contributed by atoms with Crippen LogP contribution in [-0.2, 0) is 0 Å².